The number of hydrogen-bond donors (Lipinski definition) is 1. The van der Waals surface area contributed by atoms with E-state index in [0.717, 1.165) is 41.0 Å². The van der Waals surface area contributed by atoms with Crippen LogP contribution in [0.25, 0.3) is 28.2 Å². The maximum Gasteiger partial charge on any atom is 0.306 e. The van der Waals surface area contributed by atoms with Crippen LogP contribution in [0.3, 0.4) is 0 Å². The van der Waals surface area contributed by atoms with Crippen molar-refractivity contribution < 1.29 is 14.6 Å². The normalized spacial score (nSPS) is 11.8. The fourth-order valence-electron chi connectivity index (χ4n) is 4.13. The van der Waals surface area contributed by atoms with Crippen molar-refractivity contribution in [1.29, 1.82) is 0 Å². The molecule has 0 spiro atoms. The first kappa shape index (κ1) is 23.3. The lowest BCUT2D eigenvalue weighted by Gasteiger charge is -2.14. The van der Waals surface area contributed by atoms with Crippen LogP contribution in [0.2, 0.25) is 0 Å². The first-order valence-electron chi connectivity index (χ1n) is 11.8. The molecule has 0 bridgehead atoms. The number of nitrogens with zero attached hydrogens (tertiary/aromatic N) is 2. The highest BCUT2D eigenvalue weighted by atomic mass is 16.5. The van der Waals surface area contributed by atoms with Crippen molar-refractivity contribution in [3.63, 3.8) is 0 Å². The Morgan fingerprint density at radius 3 is 2.06 bits per heavy atom. The lowest BCUT2D eigenvalue weighted by atomic mass is 10.00. The summed E-state index contributed by atoms with van der Waals surface area (Å²) in [7, 11) is 0. The predicted octanol–water partition coefficient (Wildman–Crippen LogP) is 6.87. The fourth-order valence-corrected chi connectivity index (χ4v) is 4.13. The summed E-state index contributed by atoms with van der Waals surface area (Å²) in [6.45, 7) is 2.39. The number of imidazole rings is 1. The molecular formula is C29H30N2O3. The van der Waals surface area contributed by atoms with Crippen LogP contribution in [0, 0.1) is 5.92 Å². The average molecular weight is 455 g/mol. The van der Waals surface area contributed by atoms with Gasteiger partial charge in [-0.2, -0.15) is 4.98 Å². The van der Waals surface area contributed by atoms with E-state index in [1.807, 2.05) is 61.5 Å². The third-order valence-corrected chi connectivity index (χ3v) is 5.98. The first-order chi connectivity index (χ1) is 16.7. The van der Waals surface area contributed by atoms with Crippen molar-refractivity contribution in [2.24, 2.45) is 5.92 Å². The number of aromatic nitrogens is 2. The van der Waals surface area contributed by atoms with Crippen LogP contribution in [-0.2, 0) is 4.79 Å². The van der Waals surface area contributed by atoms with Crippen molar-refractivity contribution in [3.8, 4) is 34.2 Å². The number of benzene rings is 3. The number of carboxylic acid groups (broad SMARTS) is 1. The van der Waals surface area contributed by atoms with Crippen molar-refractivity contribution in [1.82, 2.24) is 9.55 Å². The van der Waals surface area contributed by atoms with Crippen LogP contribution in [0.4, 0.5) is 0 Å². The molecule has 0 radical (unpaired) electrons. The van der Waals surface area contributed by atoms with E-state index in [4.69, 9.17) is 9.72 Å². The van der Waals surface area contributed by atoms with Gasteiger partial charge in [0, 0.05) is 11.1 Å². The molecule has 4 aromatic rings. The molecule has 1 unspecified atom stereocenters. The molecule has 0 aliphatic heterocycles. The van der Waals surface area contributed by atoms with Crippen molar-refractivity contribution in [2.45, 2.75) is 32.6 Å². The van der Waals surface area contributed by atoms with E-state index in [9.17, 15) is 9.90 Å². The lowest BCUT2D eigenvalue weighted by molar-refractivity contribution is -0.142. The Morgan fingerprint density at radius 2 is 1.47 bits per heavy atom. The van der Waals surface area contributed by atoms with E-state index >= 15 is 0 Å². The highest BCUT2D eigenvalue weighted by Gasteiger charge is 2.22. The molecule has 1 aromatic heterocycles. The van der Waals surface area contributed by atoms with Gasteiger partial charge in [-0.05, 0) is 37.8 Å². The topological polar surface area (TPSA) is 64.4 Å². The second kappa shape index (κ2) is 11.3. The maximum absolute atomic E-state index is 11.3. The number of hydrogen-bond acceptors (Lipinski definition) is 3. The summed E-state index contributed by atoms with van der Waals surface area (Å²) in [6.07, 6.45) is 2.88. The van der Waals surface area contributed by atoms with Gasteiger partial charge in [-0.15, -0.1) is 0 Å². The highest BCUT2D eigenvalue weighted by Crippen LogP contribution is 2.37. The molecule has 5 nitrogen and oxygen atoms in total. The van der Waals surface area contributed by atoms with E-state index in [1.54, 1.807) is 0 Å². The Labute approximate surface area is 200 Å². The summed E-state index contributed by atoms with van der Waals surface area (Å²) in [6, 6.07) is 31.0. The molecular weight excluding hydrogens is 424 g/mol. The summed E-state index contributed by atoms with van der Waals surface area (Å²) in [5.41, 5.74) is 4.89. The van der Waals surface area contributed by atoms with Crippen LogP contribution in [0.15, 0.2) is 91.0 Å². The Morgan fingerprint density at radius 1 is 0.882 bits per heavy atom. The molecule has 0 saturated heterocycles. The van der Waals surface area contributed by atoms with Crippen LogP contribution in [0.1, 0.15) is 32.6 Å². The van der Waals surface area contributed by atoms with Gasteiger partial charge in [0.1, 0.15) is 5.69 Å². The van der Waals surface area contributed by atoms with Gasteiger partial charge in [-0.25, -0.2) is 0 Å². The molecule has 0 aliphatic carbocycles. The molecule has 0 aliphatic rings. The molecule has 174 valence electrons. The number of para-hydroxylation sites is 1. The van der Waals surface area contributed by atoms with Gasteiger partial charge in [0.25, 0.3) is 0 Å². The standard InChI is InChI=1S/C29H30N2O3/c1-2-22(28(32)33)14-12-13-21-34-29-30-26(23-15-6-3-7-16-23)27(24-17-8-4-9-18-24)31(29)25-19-10-5-11-20-25/h3-11,15-20,22H,2,12-14,21H2,1H3,(H,32,33). The smallest absolute Gasteiger partial charge is 0.306 e. The van der Waals surface area contributed by atoms with Gasteiger partial charge in [-0.3, -0.25) is 9.36 Å². The maximum atomic E-state index is 11.3. The Balaban J connectivity index is 1.69. The van der Waals surface area contributed by atoms with Crippen molar-refractivity contribution in [2.75, 3.05) is 6.61 Å². The number of rotatable bonds is 11. The van der Waals surface area contributed by atoms with Crippen LogP contribution >= 0.6 is 0 Å². The van der Waals surface area contributed by atoms with Gasteiger partial charge >= 0.3 is 12.0 Å². The molecule has 0 amide bonds. The minimum Gasteiger partial charge on any atom is -0.481 e. The molecule has 0 saturated carbocycles. The highest BCUT2D eigenvalue weighted by molar-refractivity contribution is 5.81. The van der Waals surface area contributed by atoms with E-state index in [-0.39, 0.29) is 5.92 Å². The molecule has 34 heavy (non-hydrogen) atoms. The van der Waals surface area contributed by atoms with Gasteiger partial charge in [0.2, 0.25) is 0 Å². The zero-order chi connectivity index (χ0) is 23.8. The molecule has 3 aromatic carbocycles. The monoisotopic (exact) mass is 454 g/mol. The molecule has 5 heteroatoms. The zero-order valence-electron chi connectivity index (χ0n) is 19.4. The summed E-state index contributed by atoms with van der Waals surface area (Å²) in [5.74, 6) is -1.01. The van der Waals surface area contributed by atoms with E-state index in [1.165, 1.54) is 0 Å². The molecule has 1 atom stereocenters. The van der Waals surface area contributed by atoms with E-state index in [0.29, 0.717) is 25.5 Å². The molecule has 1 N–H and O–H groups in total. The number of ether oxygens (including phenoxy) is 1. The number of carboxylic acids is 1. The summed E-state index contributed by atoms with van der Waals surface area (Å²) >= 11 is 0. The Bertz CT molecular complexity index is 1190. The van der Waals surface area contributed by atoms with Crippen LogP contribution in [0.5, 0.6) is 6.01 Å². The number of carbonyl (C=O) groups is 1. The number of aliphatic carboxylic acids is 1. The van der Waals surface area contributed by atoms with Gasteiger partial charge in [-0.1, -0.05) is 85.8 Å². The minimum atomic E-state index is -0.719. The second-order valence-electron chi connectivity index (χ2n) is 8.28. The van der Waals surface area contributed by atoms with Gasteiger partial charge in [0.15, 0.2) is 0 Å². The SMILES string of the molecule is CCC(CCCCOc1nc(-c2ccccc2)c(-c2ccccc2)n1-c1ccccc1)C(=O)O. The quantitative estimate of drug-likeness (QED) is 0.251. The largest absolute Gasteiger partial charge is 0.481 e. The second-order valence-corrected chi connectivity index (χ2v) is 8.28. The Hall–Kier alpha value is -3.86. The van der Waals surface area contributed by atoms with Crippen molar-refractivity contribution in [3.05, 3.63) is 91.0 Å². The summed E-state index contributed by atoms with van der Waals surface area (Å²) in [5, 5.41) is 9.28. The van der Waals surface area contributed by atoms with Gasteiger partial charge < -0.3 is 9.84 Å². The lowest BCUT2D eigenvalue weighted by Crippen LogP contribution is -2.13. The minimum absolute atomic E-state index is 0.291. The Kier molecular flexibility index (Phi) is 7.76. The van der Waals surface area contributed by atoms with E-state index < -0.39 is 5.97 Å². The molecule has 0 fully saturated rings. The zero-order valence-corrected chi connectivity index (χ0v) is 19.4. The van der Waals surface area contributed by atoms with Gasteiger partial charge in [0.05, 0.1) is 23.9 Å². The third kappa shape index (κ3) is 5.37. The average Bonchev–Trinajstić information content (AvgIpc) is 3.27. The predicted molar refractivity (Wildman–Crippen MR) is 135 cm³/mol. The fraction of sp³-hybridized carbons (Fsp3) is 0.241. The van der Waals surface area contributed by atoms with E-state index in [2.05, 4.69) is 41.0 Å². The molecule has 4 rings (SSSR count). The summed E-state index contributed by atoms with van der Waals surface area (Å²) in [4.78, 5) is 16.2. The van der Waals surface area contributed by atoms with Crippen LogP contribution in [-0.4, -0.2) is 27.2 Å². The van der Waals surface area contributed by atoms with Crippen molar-refractivity contribution >= 4 is 5.97 Å². The molecule has 1 heterocycles. The third-order valence-electron chi connectivity index (χ3n) is 5.98. The first-order valence-corrected chi connectivity index (χ1v) is 11.8. The summed E-state index contributed by atoms with van der Waals surface area (Å²) < 4.78 is 8.31. The number of unbranched alkanes of at least 4 members (excludes halogenated alkanes) is 1. The van der Waals surface area contributed by atoms with Crippen LogP contribution < -0.4 is 4.74 Å².